The first kappa shape index (κ1) is 13.7. The van der Waals surface area contributed by atoms with E-state index in [2.05, 4.69) is 9.59 Å². The molecule has 1 aromatic heterocycles. The first-order valence-electron chi connectivity index (χ1n) is 6.42. The lowest BCUT2D eigenvalue weighted by Gasteiger charge is -2.32. The first-order valence-corrected chi connectivity index (χ1v) is 7.73. The van der Waals surface area contributed by atoms with Crippen LogP contribution in [0.4, 0.5) is 0 Å². The summed E-state index contributed by atoms with van der Waals surface area (Å²) in [4.78, 5) is 15.1. The maximum absolute atomic E-state index is 12.4. The topological polar surface area (TPSA) is 46.1 Å². The van der Waals surface area contributed by atoms with Crippen molar-refractivity contribution in [3.8, 4) is 0 Å². The fraction of sp³-hybridized carbons (Fsp3) is 0.750. The largest absolute Gasteiger partial charge is 0.338 e. The zero-order valence-corrected chi connectivity index (χ0v) is 12.1. The zero-order chi connectivity index (χ0) is 13.0. The Morgan fingerprint density at radius 3 is 3.17 bits per heavy atom. The Balaban J connectivity index is 2.04. The molecular formula is C12H18ClN3OS. The SMILES string of the molecule is CCc1nnsc1C(=O)N1CCCC(CCCl)C1. The summed E-state index contributed by atoms with van der Waals surface area (Å²) in [5, 5.41) is 4.01. The van der Waals surface area contributed by atoms with E-state index >= 15 is 0 Å². The van der Waals surface area contributed by atoms with Crippen LogP contribution in [0.5, 0.6) is 0 Å². The number of nitrogens with zero attached hydrogens (tertiary/aromatic N) is 3. The van der Waals surface area contributed by atoms with Gasteiger partial charge in [0, 0.05) is 19.0 Å². The molecule has 1 unspecified atom stereocenters. The van der Waals surface area contributed by atoms with Crippen LogP contribution in [-0.4, -0.2) is 39.4 Å². The van der Waals surface area contributed by atoms with E-state index in [-0.39, 0.29) is 5.91 Å². The van der Waals surface area contributed by atoms with Crippen LogP contribution in [0.1, 0.15) is 41.6 Å². The summed E-state index contributed by atoms with van der Waals surface area (Å²) in [5.74, 6) is 1.32. The lowest BCUT2D eigenvalue weighted by molar-refractivity contribution is 0.0675. The van der Waals surface area contributed by atoms with Gasteiger partial charge in [-0.2, -0.15) is 0 Å². The number of rotatable bonds is 4. The molecule has 2 rings (SSSR count). The number of carbonyl (C=O) groups is 1. The van der Waals surface area contributed by atoms with Crippen molar-refractivity contribution in [3.05, 3.63) is 10.6 Å². The summed E-state index contributed by atoms with van der Waals surface area (Å²) >= 11 is 7.00. The fourth-order valence-corrected chi connectivity index (χ4v) is 3.41. The maximum atomic E-state index is 12.4. The van der Waals surface area contributed by atoms with Gasteiger partial charge in [0.1, 0.15) is 4.88 Å². The third-order valence-corrected chi connectivity index (χ3v) is 4.38. The number of alkyl halides is 1. The number of amides is 1. The van der Waals surface area contributed by atoms with Gasteiger partial charge in [-0.15, -0.1) is 16.7 Å². The van der Waals surface area contributed by atoms with Crippen molar-refractivity contribution in [3.63, 3.8) is 0 Å². The van der Waals surface area contributed by atoms with Gasteiger partial charge in [-0.05, 0) is 43.1 Å². The molecule has 0 bridgehead atoms. The number of halogens is 1. The highest BCUT2D eigenvalue weighted by Crippen LogP contribution is 2.23. The average Bonchev–Trinajstić information content (AvgIpc) is 2.87. The molecule has 1 aliphatic heterocycles. The normalized spacial score (nSPS) is 20.1. The summed E-state index contributed by atoms with van der Waals surface area (Å²) in [6, 6.07) is 0. The van der Waals surface area contributed by atoms with Crippen molar-refractivity contribution in [1.82, 2.24) is 14.5 Å². The smallest absolute Gasteiger partial charge is 0.267 e. The minimum atomic E-state index is 0.0983. The van der Waals surface area contributed by atoms with Crippen LogP contribution in [-0.2, 0) is 6.42 Å². The van der Waals surface area contributed by atoms with E-state index < -0.39 is 0 Å². The predicted octanol–water partition coefficient (Wildman–Crippen LogP) is 2.58. The molecular weight excluding hydrogens is 270 g/mol. The summed E-state index contributed by atoms with van der Waals surface area (Å²) in [5.41, 5.74) is 0.824. The quantitative estimate of drug-likeness (QED) is 0.800. The van der Waals surface area contributed by atoms with Crippen molar-refractivity contribution >= 4 is 29.0 Å². The third kappa shape index (κ3) is 3.01. The molecule has 1 amide bonds. The van der Waals surface area contributed by atoms with Gasteiger partial charge in [-0.1, -0.05) is 11.4 Å². The molecule has 1 aromatic rings. The fourth-order valence-electron chi connectivity index (χ4n) is 2.39. The minimum absolute atomic E-state index is 0.0983. The van der Waals surface area contributed by atoms with E-state index in [9.17, 15) is 4.79 Å². The molecule has 0 saturated carbocycles. The average molecular weight is 288 g/mol. The highest BCUT2D eigenvalue weighted by atomic mass is 35.5. The summed E-state index contributed by atoms with van der Waals surface area (Å²) < 4.78 is 3.89. The molecule has 4 nitrogen and oxygen atoms in total. The Hall–Kier alpha value is -0.680. The van der Waals surface area contributed by atoms with Crippen LogP contribution < -0.4 is 0 Å². The molecule has 1 atom stereocenters. The molecule has 6 heteroatoms. The molecule has 0 aromatic carbocycles. The summed E-state index contributed by atoms with van der Waals surface area (Å²) in [6.45, 7) is 3.67. The Kier molecular flexibility index (Phi) is 4.95. The van der Waals surface area contributed by atoms with Crippen molar-refractivity contribution in [1.29, 1.82) is 0 Å². The van der Waals surface area contributed by atoms with Crippen molar-refractivity contribution < 1.29 is 4.79 Å². The molecule has 2 heterocycles. The molecule has 0 spiro atoms. The van der Waals surface area contributed by atoms with E-state index in [1.165, 1.54) is 18.0 Å². The van der Waals surface area contributed by atoms with Gasteiger partial charge >= 0.3 is 0 Å². The van der Waals surface area contributed by atoms with Gasteiger partial charge in [0.2, 0.25) is 0 Å². The second-order valence-corrected chi connectivity index (χ2v) is 5.77. The van der Waals surface area contributed by atoms with Gasteiger partial charge in [-0.3, -0.25) is 4.79 Å². The van der Waals surface area contributed by atoms with Crippen LogP contribution in [0.25, 0.3) is 0 Å². The summed E-state index contributed by atoms with van der Waals surface area (Å²) in [6.07, 6.45) is 4.00. The molecule has 18 heavy (non-hydrogen) atoms. The molecule has 1 saturated heterocycles. The van der Waals surface area contributed by atoms with Gasteiger partial charge < -0.3 is 4.90 Å². The molecule has 100 valence electrons. The third-order valence-electron chi connectivity index (χ3n) is 3.41. The van der Waals surface area contributed by atoms with Gasteiger partial charge in [-0.25, -0.2) is 0 Å². The standard InChI is InChI=1S/C12H18ClN3OS/c1-2-10-11(18-15-14-10)12(17)16-7-3-4-9(8-16)5-6-13/h9H,2-8H2,1H3. The van der Waals surface area contributed by atoms with E-state index in [1.807, 2.05) is 11.8 Å². The van der Waals surface area contributed by atoms with Crippen LogP contribution in [0, 0.1) is 5.92 Å². The Labute approximate surface area is 116 Å². The molecule has 0 aliphatic carbocycles. The number of likely N-dealkylation sites (tertiary alicyclic amines) is 1. The highest BCUT2D eigenvalue weighted by Gasteiger charge is 2.26. The monoisotopic (exact) mass is 287 g/mol. The summed E-state index contributed by atoms with van der Waals surface area (Å²) in [7, 11) is 0. The first-order chi connectivity index (χ1) is 8.76. The maximum Gasteiger partial charge on any atom is 0.267 e. The van der Waals surface area contributed by atoms with Crippen molar-refractivity contribution in [2.45, 2.75) is 32.6 Å². The van der Waals surface area contributed by atoms with Crippen LogP contribution >= 0.6 is 23.1 Å². The van der Waals surface area contributed by atoms with Crippen molar-refractivity contribution in [2.75, 3.05) is 19.0 Å². The van der Waals surface area contributed by atoms with Crippen LogP contribution in [0.15, 0.2) is 0 Å². The Morgan fingerprint density at radius 2 is 2.44 bits per heavy atom. The molecule has 1 aliphatic rings. The van der Waals surface area contributed by atoms with Crippen LogP contribution in [0.2, 0.25) is 0 Å². The van der Waals surface area contributed by atoms with Gasteiger partial charge in [0.15, 0.2) is 0 Å². The minimum Gasteiger partial charge on any atom is -0.338 e. The number of hydrogen-bond acceptors (Lipinski definition) is 4. The van der Waals surface area contributed by atoms with E-state index in [0.717, 1.165) is 38.0 Å². The second-order valence-electron chi connectivity index (χ2n) is 4.64. The number of carbonyl (C=O) groups excluding carboxylic acids is 1. The van der Waals surface area contributed by atoms with E-state index in [0.29, 0.717) is 16.7 Å². The van der Waals surface area contributed by atoms with E-state index in [4.69, 9.17) is 11.6 Å². The Morgan fingerprint density at radius 1 is 1.61 bits per heavy atom. The number of piperidine rings is 1. The second kappa shape index (κ2) is 6.48. The lowest BCUT2D eigenvalue weighted by atomic mass is 9.95. The number of hydrogen-bond donors (Lipinski definition) is 0. The predicted molar refractivity (Wildman–Crippen MR) is 73.3 cm³/mol. The zero-order valence-electron chi connectivity index (χ0n) is 10.6. The van der Waals surface area contributed by atoms with Gasteiger partial charge in [0.05, 0.1) is 5.69 Å². The van der Waals surface area contributed by atoms with E-state index in [1.54, 1.807) is 0 Å². The van der Waals surface area contributed by atoms with Crippen molar-refractivity contribution in [2.24, 2.45) is 5.92 Å². The van der Waals surface area contributed by atoms with Gasteiger partial charge in [0.25, 0.3) is 5.91 Å². The lowest BCUT2D eigenvalue weighted by Crippen LogP contribution is -2.40. The number of aryl methyl sites for hydroxylation is 1. The Bertz CT molecular complexity index is 408. The molecule has 0 N–H and O–H groups in total. The number of aromatic nitrogens is 2. The highest BCUT2D eigenvalue weighted by molar-refractivity contribution is 7.08. The molecule has 0 radical (unpaired) electrons. The molecule has 1 fully saturated rings. The van der Waals surface area contributed by atoms with Crippen LogP contribution in [0.3, 0.4) is 0 Å².